The third-order valence-corrected chi connectivity index (χ3v) is 4.41. The van der Waals surface area contributed by atoms with Gasteiger partial charge in [-0.1, -0.05) is 47.5 Å². The smallest absolute Gasteiger partial charge is 0.0355 e. The molecule has 1 fully saturated rings. The monoisotopic (exact) mass is 182 g/mol. The highest BCUT2D eigenvalue weighted by Crippen LogP contribution is 2.49. The summed E-state index contributed by atoms with van der Waals surface area (Å²) in [7, 11) is 0. The lowest BCUT2D eigenvalue weighted by molar-refractivity contribution is 0.217. The van der Waals surface area contributed by atoms with E-state index in [1.807, 2.05) is 0 Å². The van der Waals surface area contributed by atoms with Crippen LogP contribution < -0.4 is 0 Å². The summed E-state index contributed by atoms with van der Waals surface area (Å²) in [4.78, 5) is 0. The Kier molecular flexibility index (Phi) is 3.82. The average Bonchev–Trinajstić information content (AvgIpc) is 2.82. The Morgan fingerprint density at radius 3 is 2.00 bits per heavy atom. The Balaban J connectivity index is 2.45. The predicted octanol–water partition coefficient (Wildman–Crippen LogP) is 4.35. The van der Waals surface area contributed by atoms with Crippen LogP contribution in [0.2, 0.25) is 0 Å². The van der Waals surface area contributed by atoms with Crippen LogP contribution in [0.15, 0.2) is 0 Å². The highest BCUT2D eigenvalue weighted by Gasteiger charge is 2.41. The molecule has 0 spiro atoms. The Bertz CT molecular complexity index is 150. The van der Waals surface area contributed by atoms with Gasteiger partial charge >= 0.3 is 0 Å². The van der Waals surface area contributed by atoms with Crippen molar-refractivity contribution in [2.75, 3.05) is 0 Å². The summed E-state index contributed by atoms with van der Waals surface area (Å²) in [6.07, 6.45) is 4.23. The van der Waals surface area contributed by atoms with Crippen LogP contribution in [0, 0.1) is 29.6 Å². The van der Waals surface area contributed by atoms with Crippen molar-refractivity contribution in [1.82, 2.24) is 0 Å². The largest absolute Gasteiger partial charge is 0.0651 e. The van der Waals surface area contributed by atoms with Crippen LogP contribution in [0.3, 0.4) is 0 Å². The first-order chi connectivity index (χ1) is 6.11. The maximum atomic E-state index is 2.47. The number of hydrogen-bond acceptors (Lipinski definition) is 0. The predicted molar refractivity (Wildman–Crippen MR) is 59.7 cm³/mol. The first-order valence-corrected chi connectivity index (χ1v) is 6.11. The van der Waals surface area contributed by atoms with Crippen molar-refractivity contribution in [2.24, 2.45) is 29.6 Å². The molecule has 78 valence electrons. The second-order valence-corrected chi connectivity index (χ2v) is 5.19. The molecule has 0 saturated heterocycles. The minimum Gasteiger partial charge on any atom is -0.0651 e. The Morgan fingerprint density at radius 1 is 1.15 bits per heavy atom. The van der Waals surface area contributed by atoms with E-state index in [1.54, 1.807) is 0 Å². The van der Waals surface area contributed by atoms with E-state index in [-0.39, 0.29) is 0 Å². The van der Waals surface area contributed by atoms with Gasteiger partial charge in [0.2, 0.25) is 0 Å². The molecule has 0 nitrogen and oxygen atoms in total. The van der Waals surface area contributed by atoms with Gasteiger partial charge in [-0.3, -0.25) is 0 Å². The van der Waals surface area contributed by atoms with Crippen molar-refractivity contribution < 1.29 is 0 Å². The van der Waals surface area contributed by atoms with Crippen molar-refractivity contribution in [2.45, 2.75) is 53.9 Å². The van der Waals surface area contributed by atoms with E-state index in [0.717, 1.165) is 29.6 Å². The van der Waals surface area contributed by atoms with Gasteiger partial charge in [0, 0.05) is 0 Å². The third-order valence-electron chi connectivity index (χ3n) is 4.41. The van der Waals surface area contributed by atoms with Gasteiger partial charge in [-0.25, -0.2) is 0 Å². The van der Waals surface area contributed by atoms with Crippen LogP contribution >= 0.6 is 0 Å². The fourth-order valence-electron chi connectivity index (χ4n) is 2.81. The van der Waals surface area contributed by atoms with Crippen LogP contribution in [0.1, 0.15) is 53.9 Å². The second-order valence-electron chi connectivity index (χ2n) is 5.19. The molecule has 1 rings (SSSR count). The molecule has 0 radical (unpaired) electrons. The van der Waals surface area contributed by atoms with Gasteiger partial charge in [0.1, 0.15) is 0 Å². The summed E-state index contributed by atoms with van der Waals surface area (Å²) >= 11 is 0. The van der Waals surface area contributed by atoms with Crippen molar-refractivity contribution >= 4 is 0 Å². The van der Waals surface area contributed by atoms with E-state index in [1.165, 1.54) is 19.3 Å². The molecule has 0 aromatic rings. The summed E-state index contributed by atoms with van der Waals surface area (Å²) < 4.78 is 0. The van der Waals surface area contributed by atoms with Crippen molar-refractivity contribution in [3.63, 3.8) is 0 Å². The maximum absolute atomic E-state index is 2.47. The van der Waals surface area contributed by atoms with Crippen LogP contribution in [-0.2, 0) is 0 Å². The van der Waals surface area contributed by atoms with Gasteiger partial charge in [-0.2, -0.15) is 0 Å². The molecule has 1 saturated carbocycles. The zero-order chi connectivity index (χ0) is 10.0. The molecule has 0 heterocycles. The van der Waals surface area contributed by atoms with Gasteiger partial charge in [0.05, 0.1) is 0 Å². The molecule has 0 aromatic heterocycles. The van der Waals surface area contributed by atoms with E-state index in [2.05, 4.69) is 34.6 Å². The SMILES string of the molecule is CCC(C)C(C)C(CC)C1CC1C. The molecule has 0 aliphatic heterocycles. The molecule has 1 aliphatic carbocycles. The van der Waals surface area contributed by atoms with Gasteiger partial charge in [0.25, 0.3) is 0 Å². The van der Waals surface area contributed by atoms with Gasteiger partial charge in [-0.15, -0.1) is 0 Å². The molecule has 5 atom stereocenters. The first-order valence-electron chi connectivity index (χ1n) is 6.11. The Hall–Kier alpha value is 0. The van der Waals surface area contributed by atoms with Crippen LogP contribution in [-0.4, -0.2) is 0 Å². The normalized spacial score (nSPS) is 33.9. The maximum Gasteiger partial charge on any atom is -0.0355 e. The average molecular weight is 182 g/mol. The minimum absolute atomic E-state index is 0.915. The molecule has 0 N–H and O–H groups in total. The molecular weight excluding hydrogens is 156 g/mol. The van der Waals surface area contributed by atoms with Crippen molar-refractivity contribution in [3.05, 3.63) is 0 Å². The topological polar surface area (TPSA) is 0 Å². The molecule has 0 bridgehead atoms. The standard InChI is InChI=1S/C13H26/c1-6-9(3)11(5)12(7-2)13-8-10(13)4/h9-13H,6-8H2,1-5H3. The molecule has 1 aliphatic rings. The van der Waals surface area contributed by atoms with Gasteiger partial charge in [0.15, 0.2) is 0 Å². The Morgan fingerprint density at radius 2 is 1.69 bits per heavy atom. The van der Waals surface area contributed by atoms with Crippen molar-refractivity contribution in [3.8, 4) is 0 Å². The molecule has 5 unspecified atom stereocenters. The van der Waals surface area contributed by atoms with Gasteiger partial charge < -0.3 is 0 Å². The van der Waals surface area contributed by atoms with E-state index in [0.29, 0.717) is 0 Å². The fourth-order valence-corrected chi connectivity index (χ4v) is 2.81. The van der Waals surface area contributed by atoms with E-state index in [4.69, 9.17) is 0 Å². The zero-order valence-electron chi connectivity index (χ0n) is 10.0. The third kappa shape index (κ3) is 2.48. The first kappa shape index (κ1) is 11.1. The van der Waals surface area contributed by atoms with E-state index in [9.17, 15) is 0 Å². The molecule has 0 heteroatoms. The van der Waals surface area contributed by atoms with Crippen LogP contribution in [0.4, 0.5) is 0 Å². The lowest BCUT2D eigenvalue weighted by Crippen LogP contribution is -2.20. The van der Waals surface area contributed by atoms with Crippen LogP contribution in [0.5, 0.6) is 0 Å². The molecule has 0 aromatic carbocycles. The second kappa shape index (κ2) is 4.48. The summed E-state index contributed by atoms with van der Waals surface area (Å²) in [5, 5.41) is 0. The quantitative estimate of drug-likeness (QED) is 0.593. The fraction of sp³-hybridized carbons (Fsp3) is 1.00. The zero-order valence-corrected chi connectivity index (χ0v) is 10.0. The van der Waals surface area contributed by atoms with Crippen molar-refractivity contribution in [1.29, 1.82) is 0 Å². The summed E-state index contributed by atoms with van der Waals surface area (Å²) in [6, 6.07) is 0. The van der Waals surface area contributed by atoms with E-state index < -0.39 is 0 Å². The summed E-state index contributed by atoms with van der Waals surface area (Å²) in [6.45, 7) is 12.0. The Labute approximate surface area is 84.1 Å². The van der Waals surface area contributed by atoms with E-state index >= 15 is 0 Å². The molecule has 0 amide bonds. The highest BCUT2D eigenvalue weighted by molar-refractivity contribution is 4.90. The highest BCUT2D eigenvalue weighted by atomic mass is 14.5. The van der Waals surface area contributed by atoms with Crippen LogP contribution in [0.25, 0.3) is 0 Å². The summed E-state index contributed by atoms with van der Waals surface area (Å²) in [5.41, 5.74) is 0. The summed E-state index contributed by atoms with van der Waals surface area (Å²) in [5.74, 6) is 4.94. The number of hydrogen-bond donors (Lipinski definition) is 0. The minimum atomic E-state index is 0.915. The molecule has 13 heavy (non-hydrogen) atoms. The lowest BCUT2D eigenvalue weighted by Gasteiger charge is -2.27. The lowest BCUT2D eigenvalue weighted by atomic mass is 9.78. The van der Waals surface area contributed by atoms with Gasteiger partial charge in [-0.05, 0) is 36.0 Å². The number of rotatable bonds is 5. The molecular formula is C13H26.